The maximum absolute atomic E-state index is 13.6. The number of ether oxygens (including phenoxy) is 1. The number of aromatic nitrogens is 3. The number of nitrogens with one attached hydrogen (secondary N) is 2. The lowest BCUT2D eigenvalue weighted by Crippen LogP contribution is -2.27. The van der Waals surface area contributed by atoms with E-state index in [1.54, 1.807) is 30.7 Å². The number of carbonyl (C=O) groups excluding carboxylic acids is 1. The molecule has 0 radical (unpaired) electrons. The first-order valence-corrected chi connectivity index (χ1v) is 12.4. The second-order valence-electron chi connectivity index (χ2n) is 9.12. The van der Waals surface area contributed by atoms with Crippen molar-refractivity contribution in [2.75, 3.05) is 43.2 Å². The third-order valence-electron chi connectivity index (χ3n) is 6.42. The SMILES string of the molecule is CCN(CCOC)Cc1cc(-c2ccc(NC(=O)Nc3ccc(F)c(C(F)(F)F)c3)c(C)c2)c2c(N)ncnn12. The molecule has 0 saturated heterocycles. The number of fused-ring (bicyclic) bond motifs is 1. The van der Waals surface area contributed by atoms with Gasteiger partial charge in [-0.3, -0.25) is 4.90 Å². The van der Waals surface area contributed by atoms with Crippen molar-refractivity contribution in [1.82, 2.24) is 19.5 Å². The molecule has 4 aromatic rings. The molecule has 2 aromatic carbocycles. The summed E-state index contributed by atoms with van der Waals surface area (Å²) in [5, 5.41) is 9.34. The molecule has 2 amide bonds. The number of hydrogen-bond acceptors (Lipinski definition) is 6. The standard InChI is InChI=1S/C27H29F4N7O2/c1-4-37(9-10-40-3)14-19-13-20(24-25(32)33-15-34-38(19)24)17-5-8-23(16(2)11-17)36-26(39)35-18-6-7-22(28)21(12-18)27(29,30)31/h5-8,11-13,15H,4,9-10,14H2,1-3H3,(H2,32,33,34)(H2,35,36,39). The number of likely N-dealkylation sites (N-methyl/N-ethyl adjacent to an activating group) is 1. The molecule has 0 unspecified atom stereocenters. The number of benzene rings is 2. The van der Waals surface area contributed by atoms with E-state index in [9.17, 15) is 22.4 Å². The van der Waals surface area contributed by atoms with Crippen molar-refractivity contribution >= 4 is 28.7 Å². The van der Waals surface area contributed by atoms with E-state index in [-0.39, 0.29) is 5.69 Å². The zero-order valence-electron chi connectivity index (χ0n) is 22.1. The summed E-state index contributed by atoms with van der Waals surface area (Å²) in [4.78, 5) is 18.9. The largest absolute Gasteiger partial charge is 0.419 e. The molecular formula is C27H29F4N7O2. The number of nitrogens with two attached hydrogens (primary N) is 1. The van der Waals surface area contributed by atoms with Gasteiger partial charge in [0.1, 0.15) is 17.7 Å². The topological polar surface area (TPSA) is 110 Å². The predicted molar refractivity (Wildman–Crippen MR) is 144 cm³/mol. The Labute approximate surface area is 227 Å². The molecule has 0 spiro atoms. The number of aryl methyl sites for hydroxylation is 1. The molecule has 13 heteroatoms. The summed E-state index contributed by atoms with van der Waals surface area (Å²) < 4.78 is 59.6. The van der Waals surface area contributed by atoms with Crippen LogP contribution in [0.4, 0.5) is 39.5 Å². The monoisotopic (exact) mass is 559 g/mol. The van der Waals surface area contributed by atoms with Crippen LogP contribution in [0.5, 0.6) is 0 Å². The summed E-state index contributed by atoms with van der Waals surface area (Å²) in [5.74, 6) is -1.11. The molecule has 0 fully saturated rings. The van der Waals surface area contributed by atoms with E-state index < -0.39 is 23.6 Å². The molecule has 0 aliphatic carbocycles. The van der Waals surface area contributed by atoms with Gasteiger partial charge in [0.05, 0.1) is 17.9 Å². The van der Waals surface area contributed by atoms with Gasteiger partial charge in [-0.1, -0.05) is 13.0 Å². The predicted octanol–water partition coefficient (Wildman–Crippen LogP) is 5.56. The third kappa shape index (κ3) is 6.32. The Kier molecular flexibility index (Phi) is 8.55. The van der Waals surface area contributed by atoms with Crippen LogP contribution in [0.15, 0.2) is 48.8 Å². The van der Waals surface area contributed by atoms with Crippen molar-refractivity contribution in [3.8, 4) is 11.1 Å². The molecule has 2 heterocycles. The van der Waals surface area contributed by atoms with Crippen molar-refractivity contribution in [2.45, 2.75) is 26.6 Å². The number of alkyl halides is 3. The van der Waals surface area contributed by atoms with E-state index >= 15 is 0 Å². The van der Waals surface area contributed by atoms with Gasteiger partial charge in [0, 0.05) is 37.1 Å². The normalized spacial score (nSPS) is 11.8. The van der Waals surface area contributed by atoms with Gasteiger partial charge < -0.3 is 21.1 Å². The maximum Gasteiger partial charge on any atom is 0.419 e. The number of methoxy groups -OCH3 is 1. The molecule has 4 N–H and O–H groups in total. The van der Waals surface area contributed by atoms with Crippen LogP contribution < -0.4 is 16.4 Å². The number of urea groups is 1. The summed E-state index contributed by atoms with van der Waals surface area (Å²) in [6.45, 7) is 6.59. The Balaban J connectivity index is 1.58. The molecule has 4 rings (SSSR count). The second-order valence-corrected chi connectivity index (χ2v) is 9.12. The maximum atomic E-state index is 13.6. The van der Waals surface area contributed by atoms with Gasteiger partial charge in [0.15, 0.2) is 5.82 Å². The molecular weight excluding hydrogens is 530 g/mol. The van der Waals surface area contributed by atoms with Gasteiger partial charge in [-0.05, 0) is 61.0 Å². The fourth-order valence-corrected chi connectivity index (χ4v) is 4.34. The van der Waals surface area contributed by atoms with Crippen molar-refractivity contribution < 1.29 is 27.1 Å². The Morgan fingerprint density at radius 1 is 1.15 bits per heavy atom. The number of nitrogens with zero attached hydrogens (tertiary/aromatic N) is 4. The average Bonchev–Trinajstić information content (AvgIpc) is 3.27. The number of halogens is 4. The number of hydrogen-bond donors (Lipinski definition) is 3. The first-order chi connectivity index (χ1) is 19.0. The van der Waals surface area contributed by atoms with Crippen molar-refractivity contribution in [2.24, 2.45) is 0 Å². The van der Waals surface area contributed by atoms with Gasteiger partial charge in [-0.25, -0.2) is 18.7 Å². The lowest BCUT2D eigenvalue weighted by Gasteiger charge is -2.19. The number of rotatable bonds is 9. The van der Waals surface area contributed by atoms with Gasteiger partial charge in [-0.2, -0.15) is 18.3 Å². The molecule has 0 aliphatic rings. The van der Waals surface area contributed by atoms with Gasteiger partial charge in [0.2, 0.25) is 0 Å². The van der Waals surface area contributed by atoms with Crippen LogP contribution in [0.25, 0.3) is 16.6 Å². The zero-order valence-corrected chi connectivity index (χ0v) is 22.1. The van der Waals surface area contributed by atoms with Crippen LogP contribution in [0.2, 0.25) is 0 Å². The van der Waals surface area contributed by atoms with Crippen molar-refractivity contribution in [3.05, 3.63) is 71.4 Å². The number of amides is 2. The van der Waals surface area contributed by atoms with Gasteiger partial charge >= 0.3 is 12.2 Å². The molecule has 212 valence electrons. The Morgan fingerprint density at radius 3 is 2.60 bits per heavy atom. The minimum atomic E-state index is -4.89. The van der Waals surface area contributed by atoms with Crippen LogP contribution in [0, 0.1) is 12.7 Å². The molecule has 0 aliphatic heterocycles. The summed E-state index contributed by atoms with van der Waals surface area (Å²) in [6.07, 6.45) is -3.49. The highest BCUT2D eigenvalue weighted by molar-refractivity contribution is 6.00. The average molecular weight is 560 g/mol. The quantitative estimate of drug-likeness (QED) is 0.232. The Morgan fingerprint density at radius 2 is 1.93 bits per heavy atom. The van der Waals surface area contributed by atoms with E-state index in [4.69, 9.17) is 10.5 Å². The fraction of sp³-hybridized carbons (Fsp3) is 0.296. The molecule has 2 aromatic heterocycles. The second kappa shape index (κ2) is 11.9. The molecule has 40 heavy (non-hydrogen) atoms. The molecule has 9 nitrogen and oxygen atoms in total. The van der Waals surface area contributed by atoms with E-state index in [1.165, 1.54) is 6.33 Å². The van der Waals surface area contributed by atoms with Crippen molar-refractivity contribution in [1.29, 1.82) is 0 Å². The first kappa shape index (κ1) is 28.8. The first-order valence-electron chi connectivity index (χ1n) is 12.4. The summed E-state index contributed by atoms with van der Waals surface area (Å²) in [6, 6.07) is 8.79. The van der Waals surface area contributed by atoms with Crippen LogP contribution in [0.3, 0.4) is 0 Å². The summed E-state index contributed by atoms with van der Waals surface area (Å²) in [7, 11) is 1.66. The van der Waals surface area contributed by atoms with Crippen LogP contribution in [-0.4, -0.2) is 52.3 Å². The highest BCUT2D eigenvalue weighted by atomic mass is 19.4. The number of anilines is 3. The van der Waals surface area contributed by atoms with Gasteiger partial charge in [-0.15, -0.1) is 0 Å². The lowest BCUT2D eigenvalue weighted by atomic mass is 10.0. The minimum absolute atomic E-state index is 0.199. The van der Waals surface area contributed by atoms with Crippen LogP contribution >= 0.6 is 0 Å². The summed E-state index contributed by atoms with van der Waals surface area (Å²) in [5.41, 5.74) is 8.87. The third-order valence-corrected chi connectivity index (χ3v) is 6.42. The highest BCUT2D eigenvalue weighted by Crippen LogP contribution is 2.34. The molecule has 0 atom stereocenters. The van der Waals surface area contributed by atoms with Crippen LogP contribution in [0.1, 0.15) is 23.7 Å². The smallest absolute Gasteiger partial charge is 0.383 e. The molecule has 0 bridgehead atoms. The van der Waals surface area contributed by atoms with Crippen molar-refractivity contribution in [3.63, 3.8) is 0 Å². The minimum Gasteiger partial charge on any atom is -0.383 e. The molecule has 0 saturated carbocycles. The lowest BCUT2D eigenvalue weighted by molar-refractivity contribution is -0.139. The van der Waals surface area contributed by atoms with E-state index in [2.05, 4.69) is 32.5 Å². The van der Waals surface area contributed by atoms with E-state index in [0.717, 1.165) is 36.0 Å². The van der Waals surface area contributed by atoms with E-state index in [0.29, 0.717) is 47.9 Å². The Bertz CT molecular complexity index is 1520. The number of nitrogen functional groups attached to an aromatic ring is 1. The number of carbonyl (C=O) groups is 1. The Hall–Kier alpha value is -4.23. The fourth-order valence-electron chi connectivity index (χ4n) is 4.34. The van der Waals surface area contributed by atoms with E-state index in [1.807, 2.05) is 12.1 Å². The van der Waals surface area contributed by atoms with Crippen LogP contribution in [-0.2, 0) is 17.5 Å². The zero-order chi connectivity index (χ0) is 29.0. The highest BCUT2D eigenvalue weighted by Gasteiger charge is 2.34. The van der Waals surface area contributed by atoms with Gasteiger partial charge in [0.25, 0.3) is 0 Å². The summed E-state index contributed by atoms with van der Waals surface area (Å²) >= 11 is 0.